The molecular formula is C10H18N4O2S. The van der Waals surface area contributed by atoms with E-state index in [1.807, 2.05) is 0 Å². The number of hydrogen-bond donors (Lipinski definition) is 1. The molecule has 0 radical (unpaired) electrons. The first-order chi connectivity index (χ1) is 7.91. The summed E-state index contributed by atoms with van der Waals surface area (Å²) in [6.07, 6.45) is 4.66. The van der Waals surface area contributed by atoms with E-state index in [-0.39, 0.29) is 10.8 Å². The Morgan fingerprint density at radius 2 is 2.29 bits per heavy atom. The SMILES string of the molecule is C=CCCCN(C)S(=O)(=O)c1c(N)ncn1C. The van der Waals surface area contributed by atoms with E-state index < -0.39 is 10.0 Å². The van der Waals surface area contributed by atoms with Gasteiger partial charge in [-0.15, -0.1) is 6.58 Å². The Hall–Kier alpha value is -1.34. The quantitative estimate of drug-likeness (QED) is 0.598. The van der Waals surface area contributed by atoms with Crippen LogP contribution in [0.1, 0.15) is 12.8 Å². The van der Waals surface area contributed by atoms with Crippen LogP contribution in [0.4, 0.5) is 5.82 Å². The average molecular weight is 258 g/mol. The van der Waals surface area contributed by atoms with Crippen molar-refractivity contribution in [2.75, 3.05) is 19.3 Å². The number of unbranched alkanes of at least 4 members (excludes halogenated alkanes) is 1. The molecule has 6 nitrogen and oxygen atoms in total. The lowest BCUT2D eigenvalue weighted by molar-refractivity contribution is 0.457. The van der Waals surface area contributed by atoms with Gasteiger partial charge in [-0.2, -0.15) is 4.31 Å². The van der Waals surface area contributed by atoms with Crippen LogP contribution in [0.3, 0.4) is 0 Å². The average Bonchev–Trinajstić information content (AvgIpc) is 2.59. The van der Waals surface area contributed by atoms with Gasteiger partial charge in [-0.25, -0.2) is 13.4 Å². The summed E-state index contributed by atoms with van der Waals surface area (Å²) in [5.41, 5.74) is 5.57. The first-order valence-corrected chi connectivity index (χ1v) is 6.69. The van der Waals surface area contributed by atoms with Gasteiger partial charge in [0.05, 0.1) is 6.33 Å². The van der Waals surface area contributed by atoms with Crippen molar-refractivity contribution in [1.29, 1.82) is 0 Å². The third-order valence-corrected chi connectivity index (χ3v) is 4.43. The minimum atomic E-state index is -3.56. The molecule has 1 aromatic heterocycles. The van der Waals surface area contributed by atoms with E-state index in [9.17, 15) is 8.42 Å². The molecule has 0 amide bonds. The van der Waals surface area contributed by atoms with Crippen molar-refractivity contribution in [3.63, 3.8) is 0 Å². The lowest BCUT2D eigenvalue weighted by Gasteiger charge is -2.17. The van der Waals surface area contributed by atoms with Crippen LogP contribution >= 0.6 is 0 Å². The van der Waals surface area contributed by atoms with Crippen LogP contribution in [0.15, 0.2) is 24.0 Å². The summed E-state index contributed by atoms with van der Waals surface area (Å²) in [7, 11) is -0.425. The van der Waals surface area contributed by atoms with Gasteiger partial charge in [-0.1, -0.05) is 6.08 Å². The number of imidazole rings is 1. The molecule has 0 bridgehead atoms. The maximum absolute atomic E-state index is 12.2. The van der Waals surface area contributed by atoms with E-state index in [1.54, 1.807) is 13.1 Å². The van der Waals surface area contributed by atoms with E-state index in [2.05, 4.69) is 11.6 Å². The molecule has 96 valence electrons. The molecule has 0 aliphatic carbocycles. The van der Waals surface area contributed by atoms with Crippen LogP contribution in [0.25, 0.3) is 0 Å². The van der Waals surface area contributed by atoms with Crippen molar-refractivity contribution in [1.82, 2.24) is 13.9 Å². The van der Waals surface area contributed by atoms with Crippen LogP contribution in [-0.2, 0) is 17.1 Å². The van der Waals surface area contributed by atoms with Gasteiger partial charge in [-0.05, 0) is 12.8 Å². The van der Waals surface area contributed by atoms with Crippen LogP contribution < -0.4 is 5.73 Å². The number of aromatic nitrogens is 2. The summed E-state index contributed by atoms with van der Waals surface area (Å²) in [4.78, 5) is 3.78. The Labute approximate surface area is 102 Å². The molecule has 0 spiro atoms. The molecule has 0 unspecified atom stereocenters. The summed E-state index contributed by atoms with van der Waals surface area (Å²) in [6, 6.07) is 0. The van der Waals surface area contributed by atoms with E-state index in [0.29, 0.717) is 6.54 Å². The standard InChI is InChI=1S/C10H18N4O2S/c1-4-5-6-7-14(3)17(15,16)10-9(11)12-8-13(10)2/h4,8H,1,5-7,11H2,2-3H3. The van der Waals surface area contributed by atoms with Crippen molar-refractivity contribution in [3.05, 3.63) is 19.0 Å². The van der Waals surface area contributed by atoms with E-state index in [0.717, 1.165) is 12.8 Å². The maximum Gasteiger partial charge on any atom is 0.262 e. The van der Waals surface area contributed by atoms with Gasteiger partial charge in [0.15, 0.2) is 10.8 Å². The highest BCUT2D eigenvalue weighted by Gasteiger charge is 2.26. The minimum absolute atomic E-state index is 0.0306. The topological polar surface area (TPSA) is 81.2 Å². The summed E-state index contributed by atoms with van der Waals surface area (Å²) >= 11 is 0. The zero-order valence-electron chi connectivity index (χ0n) is 10.1. The summed E-state index contributed by atoms with van der Waals surface area (Å²) in [5.74, 6) is 0.0306. The number of allylic oxidation sites excluding steroid dienone is 1. The van der Waals surface area contributed by atoms with Crippen molar-refractivity contribution in [2.45, 2.75) is 17.9 Å². The molecule has 2 N–H and O–H groups in total. The third kappa shape index (κ3) is 2.86. The molecule has 0 aliphatic rings. The third-order valence-electron chi connectivity index (χ3n) is 2.45. The number of aryl methyl sites for hydroxylation is 1. The Kier molecular flexibility index (Phi) is 4.30. The number of rotatable bonds is 6. The Balaban J connectivity index is 2.91. The molecule has 17 heavy (non-hydrogen) atoms. The van der Waals surface area contributed by atoms with Gasteiger partial charge >= 0.3 is 0 Å². The van der Waals surface area contributed by atoms with Crippen LogP contribution in [0.5, 0.6) is 0 Å². The van der Waals surface area contributed by atoms with Gasteiger partial charge in [0.25, 0.3) is 10.0 Å². The molecule has 0 aromatic carbocycles. The predicted molar refractivity (Wildman–Crippen MR) is 66.9 cm³/mol. The Morgan fingerprint density at radius 1 is 1.65 bits per heavy atom. The monoisotopic (exact) mass is 258 g/mol. The largest absolute Gasteiger partial charge is 0.381 e. The molecule has 1 aromatic rings. The number of sulfonamides is 1. The number of nitrogens with zero attached hydrogens (tertiary/aromatic N) is 3. The van der Waals surface area contributed by atoms with Crippen molar-refractivity contribution in [3.8, 4) is 0 Å². The fourth-order valence-electron chi connectivity index (χ4n) is 1.48. The number of hydrogen-bond acceptors (Lipinski definition) is 4. The smallest absolute Gasteiger partial charge is 0.262 e. The molecule has 0 atom stereocenters. The van der Waals surface area contributed by atoms with Crippen LogP contribution in [0, 0.1) is 0 Å². The van der Waals surface area contributed by atoms with Crippen molar-refractivity contribution < 1.29 is 8.42 Å². The van der Waals surface area contributed by atoms with Gasteiger partial charge < -0.3 is 10.3 Å². The maximum atomic E-state index is 12.2. The van der Waals surface area contributed by atoms with Crippen LogP contribution in [-0.4, -0.2) is 35.9 Å². The van der Waals surface area contributed by atoms with Crippen LogP contribution in [0.2, 0.25) is 0 Å². The molecule has 1 rings (SSSR count). The second-order valence-electron chi connectivity index (χ2n) is 3.80. The first-order valence-electron chi connectivity index (χ1n) is 5.25. The highest BCUT2D eigenvalue weighted by Crippen LogP contribution is 2.19. The highest BCUT2D eigenvalue weighted by atomic mass is 32.2. The molecule has 0 aliphatic heterocycles. The minimum Gasteiger partial charge on any atom is -0.381 e. The first kappa shape index (κ1) is 13.7. The number of nitrogen functional groups attached to an aromatic ring is 1. The molecule has 7 heteroatoms. The lowest BCUT2D eigenvalue weighted by Crippen LogP contribution is -2.30. The van der Waals surface area contributed by atoms with Gasteiger partial charge in [0, 0.05) is 20.6 Å². The van der Waals surface area contributed by atoms with Crippen molar-refractivity contribution in [2.24, 2.45) is 7.05 Å². The normalized spacial score (nSPS) is 11.9. The second-order valence-corrected chi connectivity index (χ2v) is 5.76. The van der Waals surface area contributed by atoms with Gasteiger partial charge in [0.2, 0.25) is 0 Å². The lowest BCUT2D eigenvalue weighted by atomic mass is 10.3. The predicted octanol–water partition coefficient (Wildman–Crippen LogP) is 0.589. The summed E-state index contributed by atoms with van der Waals surface area (Å²) in [5, 5.41) is 0.0404. The van der Waals surface area contributed by atoms with Gasteiger partial charge in [-0.3, -0.25) is 0 Å². The number of nitrogens with two attached hydrogens (primary N) is 1. The molecule has 0 saturated carbocycles. The number of anilines is 1. The molecular weight excluding hydrogens is 240 g/mol. The Bertz CT molecular complexity index is 473. The van der Waals surface area contributed by atoms with Crippen molar-refractivity contribution >= 4 is 15.8 Å². The fourth-order valence-corrected chi connectivity index (χ4v) is 2.87. The van der Waals surface area contributed by atoms with E-state index in [4.69, 9.17) is 5.73 Å². The molecule has 1 heterocycles. The zero-order chi connectivity index (χ0) is 13.1. The fraction of sp³-hybridized carbons (Fsp3) is 0.500. The van der Waals surface area contributed by atoms with E-state index in [1.165, 1.54) is 22.2 Å². The summed E-state index contributed by atoms with van der Waals surface area (Å²) < 4.78 is 27.1. The summed E-state index contributed by atoms with van der Waals surface area (Å²) in [6.45, 7) is 4.03. The highest BCUT2D eigenvalue weighted by molar-refractivity contribution is 7.89. The molecule has 0 saturated heterocycles. The molecule has 0 fully saturated rings. The van der Waals surface area contributed by atoms with E-state index >= 15 is 0 Å². The Morgan fingerprint density at radius 3 is 2.76 bits per heavy atom. The zero-order valence-corrected chi connectivity index (χ0v) is 10.9. The second kappa shape index (κ2) is 5.33. The van der Waals surface area contributed by atoms with Gasteiger partial charge in [0.1, 0.15) is 0 Å².